The fourth-order valence-corrected chi connectivity index (χ4v) is 1.28. The molecule has 0 bridgehead atoms. The highest BCUT2D eigenvalue weighted by Gasteiger charge is 2.15. The van der Waals surface area contributed by atoms with Gasteiger partial charge in [-0.3, -0.25) is 9.89 Å². The molecule has 1 amide bonds. The van der Waals surface area contributed by atoms with Gasteiger partial charge in [-0.2, -0.15) is 5.10 Å². The van der Waals surface area contributed by atoms with E-state index in [1.54, 1.807) is 6.92 Å². The van der Waals surface area contributed by atoms with Gasteiger partial charge in [-0.15, -0.1) is 0 Å². The first-order chi connectivity index (χ1) is 7.52. The van der Waals surface area contributed by atoms with Crippen molar-refractivity contribution in [3.8, 4) is 0 Å². The van der Waals surface area contributed by atoms with E-state index >= 15 is 0 Å². The number of carbonyl (C=O) groups excluding carboxylic acids is 1. The van der Waals surface area contributed by atoms with Gasteiger partial charge in [0.05, 0.1) is 12.7 Å². The number of rotatable bonds is 5. The second-order valence-corrected chi connectivity index (χ2v) is 3.78. The molecule has 0 unspecified atom stereocenters. The Morgan fingerprint density at radius 3 is 2.81 bits per heavy atom. The summed E-state index contributed by atoms with van der Waals surface area (Å²) in [6, 6.07) is 0. The molecule has 6 nitrogen and oxygen atoms in total. The summed E-state index contributed by atoms with van der Waals surface area (Å²) in [7, 11) is 0. The van der Waals surface area contributed by atoms with Gasteiger partial charge in [-0.05, 0) is 20.8 Å². The highest BCUT2D eigenvalue weighted by molar-refractivity contribution is 5.99. The molecular formula is C10H18N4O2. The topological polar surface area (TPSA) is 93.0 Å². The third kappa shape index (κ3) is 3.23. The van der Waals surface area contributed by atoms with Crippen molar-refractivity contribution in [3.63, 3.8) is 0 Å². The van der Waals surface area contributed by atoms with Crippen LogP contribution in [-0.2, 0) is 4.74 Å². The Labute approximate surface area is 94.5 Å². The van der Waals surface area contributed by atoms with Gasteiger partial charge in [0.1, 0.15) is 5.56 Å². The van der Waals surface area contributed by atoms with Gasteiger partial charge >= 0.3 is 0 Å². The standard InChI is InChI=1S/C10H18N4O2/c1-6(2)16-5-4-12-10(15)8-7(3)13-14-9(8)11/h6H,4-5H2,1-3H3,(H,12,15)(H3,11,13,14). The Morgan fingerprint density at radius 1 is 1.62 bits per heavy atom. The Morgan fingerprint density at radius 2 is 2.31 bits per heavy atom. The second kappa shape index (κ2) is 5.50. The van der Waals surface area contributed by atoms with E-state index < -0.39 is 0 Å². The van der Waals surface area contributed by atoms with Crippen LogP contribution in [0, 0.1) is 6.92 Å². The van der Waals surface area contributed by atoms with Gasteiger partial charge in [-0.25, -0.2) is 0 Å². The van der Waals surface area contributed by atoms with Gasteiger partial charge in [-0.1, -0.05) is 0 Å². The predicted octanol–water partition coefficient (Wildman–Crippen LogP) is 0.455. The minimum atomic E-state index is -0.226. The first-order valence-electron chi connectivity index (χ1n) is 5.22. The lowest BCUT2D eigenvalue weighted by molar-refractivity contribution is 0.0746. The number of amides is 1. The molecule has 6 heteroatoms. The molecule has 90 valence electrons. The molecule has 0 aliphatic rings. The lowest BCUT2D eigenvalue weighted by Gasteiger charge is -2.08. The quantitative estimate of drug-likeness (QED) is 0.636. The van der Waals surface area contributed by atoms with Crippen LogP contribution in [-0.4, -0.2) is 35.4 Å². The van der Waals surface area contributed by atoms with Crippen LogP contribution in [0.5, 0.6) is 0 Å². The number of aromatic amines is 1. The van der Waals surface area contributed by atoms with E-state index in [1.165, 1.54) is 0 Å². The molecule has 1 rings (SSSR count). The molecule has 0 saturated carbocycles. The molecule has 1 heterocycles. The zero-order chi connectivity index (χ0) is 12.1. The smallest absolute Gasteiger partial charge is 0.257 e. The third-order valence-corrected chi connectivity index (χ3v) is 2.04. The molecule has 1 aromatic heterocycles. The zero-order valence-corrected chi connectivity index (χ0v) is 9.83. The number of anilines is 1. The third-order valence-electron chi connectivity index (χ3n) is 2.04. The molecule has 0 saturated heterocycles. The first-order valence-corrected chi connectivity index (χ1v) is 5.22. The summed E-state index contributed by atoms with van der Waals surface area (Å²) in [6.45, 7) is 6.59. The Bertz CT molecular complexity index is 340. The van der Waals surface area contributed by atoms with E-state index in [0.717, 1.165) is 0 Å². The fraction of sp³-hybridized carbons (Fsp3) is 0.600. The zero-order valence-electron chi connectivity index (χ0n) is 9.83. The van der Waals surface area contributed by atoms with Crippen LogP contribution < -0.4 is 11.1 Å². The lowest BCUT2D eigenvalue weighted by atomic mass is 10.2. The van der Waals surface area contributed by atoms with Gasteiger partial charge < -0.3 is 15.8 Å². The Hall–Kier alpha value is -1.56. The van der Waals surface area contributed by atoms with Crippen molar-refractivity contribution in [2.45, 2.75) is 26.9 Å². The number of nitrogens with two attached hydrogens (primary N) is 1. The van der Waals surface area contributed by atoms with Crippen LogP contribution in [0.4, 0.5) is 5.82 Å². The van der Waals surface area contributed by atoms with Crippen molar-refractivity contribution in [3.05, 3.63) is 11.3 Å². The molecular weight excluding hydrogens is 208 g/mol. The molecule has 0 aliphatic heterocycles. The molecule has 0 fully saturated rings. The van der Waals surface area contributed by atoms with Crippen LogP contribution in [0.15, 0.2) is 0 Å². The van der Waals surface area contributed by atoms with Crippen molar-refractivity contribution in [2.24, 2.45) is 0 Å². The van der Waals surface area contributed by atoms with Crippen molar-refractivity contribution in [1.29, 1.82) is 0 Å². The SMILES string of the molecule is Cc1[nH]nc(N)c1C(=O)NCCOC(C)C. The Kier molecular flexibility index (Phi) is 4.30. The van der Waals surface area contributed by atoms with Crippen LogP contribution in [0.3, 0.4) is 0 Å². The highest BCUT2D eigenvalue weighted by Crippen LogP contribution is 2.11. The minimum absolute atomic E-state index is 0.164. The fourth-order valence-electron chi connectivity index (χ4n) is 1.28. The van der Waals surface area contributed by atoms with E-state index in [9.17, 15) is 4.79 Å². The summed E-state index contributed by atoms with van der Waals surface area (Å²) in [4.78, 5) is 11.7. The number of hydrogen-bond donors (Lipinski definition) is 3. The summed E-state index contributed by atoms with van der Waals surface area (Å²) in [6.07, 6.45) is 0.164. The monoisotopic (exact) mass is 226 g/mol. The molecule has 1 aromatic rings. The number of aromatic nitrogens is 2. The van der Waals surface area contributed by atoms with Crippen LogP contribution in [0.25, 0.3) is 0 Å². The summed E-state index contributed by atoms with van der Waals surface area (Å²) in [5, 5.41) is 9.13. The van der Waals surface area contributed by atoms with Crippen molar-refractivity contribution in [1.82, 2.24) is 15.5 Å². The highest BCUT2D eigenvalue weighted by atomic mass is 16.5. The van der Waals surface area contributed by atoms with Crippen molar-refractivity contribution >= 4 is 11.7 Å². The normalized spacial score (nSPS) is 10.8. The number of aryl methyl sites for hydroxylation is 1. The molecule has 0 atom stereocenters. The maximum atomic E-state index is 11.7. The summed E-state index contributed by atoms with van der Waals surface area (Å²) in [5.74, 6) is -0.00381. The number of H-pyrrole nitrogens is 1. The summed E-state index contributed by atoms with van der Waals surface area (Å²) in [5.41, 5.74) is 6.63. The van der Waals surface area contributed by atoms with Crippen LogP contribution >= 0.6 is 0 Å². The minimum Gasteiger partial charge on any atom is -0.382 e. The van der Waals surface area contributed by atoms with E-state index in [0.29, 0.717) is 24.4 Å². The largest absolute Gasteiger partial charge is 0.382 e. The maximum absolute atomic E-state index is 11.7. The summed E-state index contributed by atoms with van der Waals surface area (Å²) >= 11 is 0. The van der Waals surface area contributed by atoms with Gasteiger partial charge in [0.25, 0.3) is 5.91 Å². The number of carbonyl (C=O) groups is 1. The molecule has 0 radical (unpaired) electrons. The second-order valence-electron chi connectivity index (χ2n) is 3.78. The van der Waals surface area contributed by atoms with Gasteiger partial charge in [0.15, 0.2) is 5.82 Å². The molecule has 0 aromatic carbocycles. The average molecular weight is 226 g/mol. The lowest BCUT2D eigenvalue weighted by Crippen LogP contribution is -2.28. The molecule has 0 aliphatic carbocycles. The summed E-state index contributed by atoms with van der Waals surface area (Å²) < 4.78 is 5.30. The average Bonchev–Trinajstić information content (AvgIpc) is 2.53. The number of nitrogen functional groups attached to an aromatic ring is 1. The van der Waals surface area contributed by atoms with Crippen LogP contribution in [0.1, 0.15) is 29.9 Å². The van der Waals surface area contributed by atoms with Gasteiger partial charge in [0.2, 0.25) is 0 Å². The van der Waals surface area contributed by atoms with E-state index in [2.05, 4.69) is 15.5 Å². The van der Waals surface area contributed by atoms with E-state index in [-0.39, 0.29) is 17.8 Å². The van der Waals surface area contributed by atoms with Crippen LogP contribution in [0.2, 0.25) is 0 Å². The number of ether oxygens (including phenoxy) is 1. The predicted molar refractivity (Wildman–Crippen MR) is 61.2 cm³/mol. The van der Waals surface area contributed by atoms with Crippen molar-refractivity contribution < 1.29 is 9.53 Å². The maximum Gasteiger partial charge on any atom is 0.257 e. The first kappa shape index (κ1) is 12.5. The van der Waals surface area contributed by atoms with E-state index in [4.69, 9.17) is 10.5 Å². The van der Waals surface area contributed by atoms with E-state index in [1.807, 2.05) is 13.8 Å². The van der Waals surface area contributed by atoms with Crippen molar-refractivity contribution in [2.75, 3.05) is 18.9 Å². The molecule has 16 heavy (non-hydrogen) atoms. The molecule has 4 N–H and O–H groups in total. The number of nitrogens with zero attached hydrogens (tertiary/aromatic N) is 1. The number of hydrogen-bond acceptors (Lipinski definition) is 4. The molecule has 0 spiro atoms. The number of nitrogens with one attached hydrogen (secondary N) is 2. The Balaban J connectivity index is 2.41. The van der Waals surface area contributed by atoms with Gasteiger partial charge in [0, 0.05) is 12.2 Å².